The Balaban J connectivity index is 2.01. The van der Waals surface area contributed by atoms with Crippen molar-refractivity contribution in [2.75, 3.05) is 32.2 Å². The normalized spacial score (nSPS) is 18.4. The Morgan fingerprint density at radius 1 is 1.44 bits per heavy atom. The van der Waals surface area contributed by atoms with E-state index in [1.54, 1.807) is 7.11 Å². The molecule has 18 heavy (non-hydrogen) atoms. The lowest BCUT2D eigenvalue weighted by Crippen LogP contribution is -2.42. The van der Waals surface area contributed by atoms with Crippen LogP contribution in [0.2, 0.25) is 0 Å². The Kier molecular flexibility index (Phi) is 3.98. The molecule has 0 radical (unpaired) electrons. The minimum Gasteiger partial charge on any atom is -0.481 e. The van der Waals surface area contributed by atoms with Crippen LogP contribution in [-0.2, 0) is 4.74 Å². The molecule has 0 saturated carbocycles. The van der Waals surface area contributed by atoms with Gasteiger partial charge in [-0.2, -0.15) is 0 Å². The van der Waals surface area contributed by atoms with Crippen molar-refractivity contribution in [3.05, 3.63) is 11.9 Å². The number of nitrogens with one attached hydrogen (secondary N) is 1. The van der Waals surface area contributed by atoms with Crippen molar-refractivity contribution in [2.24, 2.45) is 0 Å². The van der Waals surface area contributed by atoms with Gasteiger partial charge in [0.15, 0.2) is 0 Å². The number of aliphatic hydroxyl groups is 1. The zero-order chi connectivity index (χ0) is 13.0. The van der Waals surface area contributed by atoms with Crippen LogP contribution in [0, 0.1) is 6.92 Å². The largest absolute Gasteiger partial charge is 0.481 e. The van der Waals surface area contributed by atoms with Gasteiger partial charge < -0.3 is 19.9 Å². The minimum absolute atomic E-state index is 0.456. The smallest absolute Gasteiger partial charge is 0.221 e. The van der Waals surface area contributed by atoms with Gasteiger partial charge in [-0.15, -0.1) is 0 Å². The molecule has 2 heterocycles. The fourth-order valence-electron chi connectivity index (χ4n) is 1.99. The lowest BCUT2D eigenvalue weighted by Gasteiger charge is -2.32. The number of methoxy groups -OCH3 is 1. The highest BCUT2D eigenvalue weighted by Crippen LogP contribution is 2.23. The molecule has 0 spiro atoms. The average Bonchev–Trinajstić information content (AvgIpc) is 2.38. The van der Waals surface area contributed by atoms with Gasteiger partial charge in [-0.25, -0.2) is 9.97 Å². The number of ether oxygens (including phenoxy) is 2. The van der Waals surface area contributed by atoms with Gasteiger partial charge in [0.05, 0.1) is 18.3 Å². The van der Waals surface area contributed by atoms with Gasteiger partial charge in [-0.1, -0.05) is 0 Å². The van der Waals surface area contributed by atoms with Crippen LogP contribution in [0.15, 0.2) is 6.33 Å². The maximum absolute atomic E-state index is 10.3. The summed E-state index contributed by atoms with van der Waals surface area (Å²) in [6, 6.07) is 0. The van der Waals surface area contributed by atoms with Gasteiger partial charge in [0.2, 0.25) is 5.88 Å². The molecule has 6 heteroatoms. The van der Waals surface area contributed by atoms with Crippen LogP contribution in [-0.4, -0.2) is 47.5 Å². The van der Waals surface area contributed by atoms with Crippen LogP contribution in [0.25, 0.3) is 0 Å². The van der Waals surface area contributed by atoms with E-state index in [9.17, 15) is 5.11 Å². The van der Waals surface area contributed by atoms with E-state index in [0.717, 1.165) is 5.56 Å². The molecule has 100 valence electrons. The van der Waals surface area contributed by atoms with Crippen LogP contribution in [0.5, 0.6) is 5.88 Å². The monoisotopic (exact) mass is 253 g/mol. The molecule has 1 aliphatic heterocycles. The zero-order valence-corrected chi connectivity index (χ0v) is 10.8. The van der Waals surface area contributed by atoms with Crippen LogP contribution in [0.4, 0.5) is 5.82 Å². The predicted molar refractivity (Wildman–Crippen MR) is 66.8 cm³/mol. The van der Waals surface area contributed by atoms with Crippen LogP contribution in [0.1, 0.15) is 18.4 Å². The van der Waals surface area contributed by atoms with Gasteiger partial charge in [0.25, 0.3) is 0 Å². The Morgan fingerprint density at radius 2 is 2.17 bits per heavy atom. The second-order valence-electron chi connectivity index (χ2n) is 4.55. The van der Waals surface area contributed by atoms with E-state index < -0.39 is 5.60 Å². The summed E-state index contributed by atoms with van der Waals surface area (Å²) >= 11 is 0. The summed E-state index contributed by atoms with van der Waals surface area (Å²) in [5.74, 6) is 1.24. The van der Waals surface area contributed by atoms with Gasteiger partial charge in [0.1, 0.15) is 12.1 Å². The van der Waals surface area contributed by atoms with Crippen molar-refractivity contribution in [2.45, 2.75) is 25.4 Å². The lowest BCUT2D eigenvalue weighted by atomic mass is 9.94. The molecule has 0 bridgehead atoms. The van der Waals surface area contributed by atoms with Crippen molar-refractivity contribution < 1.29 is 14.6 Å². The van der Waals surface area contributed by atoms with Crippen LogP contribution < -0.4 is 10.1 Å². The van der Waals surface area contributed by atoms with E-state index >= 15 is 0 Å². The molecule has 0 aliphatic carbocycles. The minimum atomic E-state index is -0.719. The third-order valence-corrected chi connectivity index (χ3v) is 3.24. The quantitative estimate of drug-likeness (QED) is 0.824. The molecular weight excluding hydrogens is 234 g/mol. The maximum Gasteiger partial charge on any atom is 0.221 e. The first-order valence-electron chi connectivity index (χ1n) is 6.04. The standard InChI is InChI=1S/C12H19N3O3/c1-9-10(14-8-15-11(9)17-2)13-7-12(16)3-5-18-6-4-12/h8,16H,3-7H2,1-2H3,(H,13,14,15). The van der Waals surface area contributed by atoms with Crippen LogP contribution in [0.3, 0.4) is 0 Å². The number of hydrogen-bond donors (Lipinski definition) is 2. The molecule has 1 saturated heterocycles. The molecule has 0 amide bonds. The molecule has 1 aromatic rings. The first-order chi connectivity index (χ1) is 8.64. The first kappa shape index (κ1) is 13.0. The third-order valence-electron chi connectivity index (χ3n) is 3.24. The molecule has 0 unspecified atom stereocenters. The van der Waals surface area contributed by atoms with E-state index in [2.05, 4.69) is 15.3 Å². The highest BCUT2D eigenvalue weighted by Gasteiger charge is 2.29. The summed E-state index contributed by atoms with van der Waals surface area (Å²) in [5.41, 5.74) is 0.124. The molecule has 2 rings (SSSR count). The topological polar surface area (TPSA) is 76.5 Å². The fraction of sp³-hybridized carbons (Fsp3) is 0.667. The second kappa shape index (κ2) is 5.49. The number of anilines is 1. The molecule has 6 nitrogen and oxygen atoms in total. The first-order valence-corrected chi connectivity index (χ1v) is 6.04. The van der Waals surface area contributed by atoms with E-state index in [1.165, 1.54) is 6.33 Å². The molecule has 1 fully saturated rings. The van der Waals surface area contributed by atoms with Gasteiger partial charge in [-0.05, 0) is 6.92 Å². The molecule has 1 aromatic heterocycles. The number of aromatic nitrogens is 2. The summed E-state index contributed by atoms with van der Waals surface area (Å²) in [7, 11) is 1.57. The number of nitrogens with zero attached hydrogens (tertiary/aromatic N) is 2. The Hall–Kier alpha value is -1.40. The molecular formula is C12H19N3O3. The average molecular weight is 253 g/mol. The maximum atomic E-state index is 10.3. The Bertz CT molecular complexity index is 406. The summed E-state index contributed by atoms with van der Waals surface area (Å²) in [6.45, 7) is 3.54. The van der Waals surface area contributed by atoms with E-state index in [4.69, 9.17) is 9.47 Å². The molecule has 1 aliphatic rings. The summed E-state index contributed by atoms with van der Waals surface area (Å²) in [4.78, 5) is 8.17. The van der Waals surface area contributed by atoms with Crippen molar-refractivity contribution in [1.82, 2.24) is 9.97 Å². The summed E-state index contributed by atoms with van der Waals surface area (Å²) in [6.07, 6.45) is 2.73. The van der Waals surface area contributed by atoms with Crippen LogP contribution >= 0.6 is 0 Å². The second-order valence-corrected chi connectivity index (χ2v) is 4.55. The van der Waals surface area contributed by atoms with E-state index in [1.807, 2.05) is 6.92 Å². The van der Waals surface area contributed by atoms with Crippen molar-refractivity contribution >= 4 is 5.82 Å². The molecule has 0 aromatic carbocycles. The molecule has 2 N–H and O–H groups in total. The zero-order valence-electron chi connectivity index (χ0n) is 10.8. The Labute approximate surface area is 106 Å². The Morgan fingerprint density at radius 3 is 2.83 bits per heavy atom. The fourth-order valence-corrected chi connectivity index (χ4v) is 1.99. The third kappa shape index (κ3) is 2.88. The van der Waals surface area contributed by atoms with Gasteiger partial charge in [-0.3, -0.25) is 0 Å². The van der Waals surface area contributed by atoms with Crippen molar-refractivity contribution in [3.8, 4) is 5.88 Å². The van der Waals surface area contributed by atoms with E-state index in [0.29, 0.717) is 44.3 Å². The summed E-state index contributed by atoms with van der Waals surface area (Å²) in [5, 5.41) is 13.5. The van der Waals surface area contributed by atoms with Gasteiger partial charge in [0, 0.05) is 32.6 Å². The lowest BCUT2D eigenvalue weighted by molar-refractivity contribution is -0.0543. The predicted octanol–water partition coefficient (Wildman–Crippen LogP) is 0.747. The van der Waals surface area contributed by atoms with Gasteiger partial charge >= 0.3 is 0 Å². The van der Waals surface area contributed by atoms with E-state index in [-0.39, 0.29) is 0 Å². The van der Waals surface area contributed by atoms with Crippen molar-refractivity contribution in [3.63, 3.8) is 0 Å². The van der Waals surface area contributed by atoms with Crippen molar-refractivity contribution in [1.29, 1.82) is 0 Å². The highest BCUT2D eigenvalue weighted by molar-refractivity contribution is 5.47. The highest BCUT2D eigenvalue weighted by atomic mass is 16.5. The SMILES string of the molecule is COc1ncnc(NCC2(O)CCOCC2)c1C. The number of rotatable bonds is 4. The summed E-state index contributed by atoms with van der Waals surface area (Å²) < 4.78 is 10.4. The molecule has 0 atom stereocenters. The number of hydrogen-bond acceptors (Lipinski definition) is 6.